The van der Waals surface area contributed by atoms with Gasteiger partial charge in [-0.2, -0.15) is 0 Å². The number of amides is 1. The molecule has 1 amide bonds. The molecule has 0 aromatic carbocycles. The van der Waals surface area contributed by atoms with E-state index in [0.29, 0.717) is 5.91 Å². The molecule has 1 saturated heterocycles. The van der Waals surface area contributed by atoms with Crippen molar-refractivity contribution in [2.45, 2.75) is 54.4 Å². The van der Waals surface area contributed by atoms with Crippen molar-refractivity contribution in [2.24, 2.45) is 5.92 Å². The maximum Gasteiger partial charge on any atom is 0.226 e. The summed E-state index contributed by atoms with van der Waals surface area (Å²) in [6.45, 7) is 17.4. The number of methoxy groups -OCH3 is 1. The van der Waals surface area contributed by atoms with E-state index in [2.05, 4.69) is 4.90 Å². The molecule has 4 nitrogen and oxygen atoms in total. The van der Waals surface area contributed by atoms with Crippen molar-refractivity contribution in [3.05, 3.63) is 0 Å². The molecule has 1 rings (SSSR count). The number of carbonyl (C=O) groups excluding carboxylic acids is 1. The highest BCUT2D eigenvalue weighted by Crippen LogP contribution is 2.18. The number of nitrogens with zero attached hydrogens (tertiary/aromatic N) is 2. The van der Waals surface area contributed by atoms with Crippen LogP contribution in [0.4, 0.5) is 0 Å². The molecule has 1 aliphatic rings. The molecular formula is C17H38N2O2. The zero-order chi connectivity index (χ0) is 16.7. The summed E-state index contributed by atoms with van der Waals surface area (Å²) in [5, 5.41) is 0. The highest BCUT2D eigenvalue weighted by Gasteiger charge is 2.27. The highest BCUT2D eigenvalue weighted by atomic mass is 16.5. The first kappa shape index (κ1) is 22.7. The molecule has 0 aromatic rings. The molecule has 21 heavy (non-hydrogen) atoms. The fourth-order valence-electron chi connectivity index (χ4n) is 2.47. The predicted octanol–water partition coefficient (Wildman–Crippen LogP) is 3.27. The maximum absolute atomic E-state index is 12.2. The van der Waals surface area contributed by atoms with Crippen molar-refractivity contribution in [1.82, 2.24) is 9.80 Å². The van der Waals surface area contributed by atoms with E-state index < -0.39 is 0 Å². The van der Waals surface area contributed by atoms with Crippen molar-refractivity contribution in [1.29, 1.82) is 0 Å². The van der Waals surface area contributed by atoms with E-state index in [1.165, 1.54) is 0 Å². The van der Waals surface area contributed by atoms with E-state index in [4.69, 9.17) is 4.74 Å². The Hall–Kier alpha value is -0.610. The second-order valence-corrected chi connectivity index (χ2v) is 4.64. The van der Waals surface area contributed by atoms with Crippen LogP contribution in [-0.4, -0.2) is 62.1 Å². The van der Waals surface area contributed by atoms with Gasteiger partial charge in [0.05, 0.1) is 12.5 Å². The van der Waals surface area contributed by atoms with Gasteiger partial charge in [0.25, 0.3) is 0 Å². The SMILES string of the molecule is CC.CC.CCN(CC)C(=O)C1CCCN(CCOC)C1. The van der Waals surface area contributed by atoms with Crippen LogP contribution in [0.1, 0.15) is 54.4 Å². The minimum absolute atomic E-state index is 0.195. The average Bonchev–Trinajstić information content (AvgIpc) is 2.58. The number of ether oxygens (including phenoxy) is 1. The monoisotopic (exact) mass is 302 g/mol. The molecule has 0 aliphatic carbocycles. The number of hydrogen-bond acceptors (Lipinski definition) is 3. The van der Waals surface area contributed by atoms with Crippen LogP contribution in [0.3, 0.4) is 0 Å². The highest BCUT2D eigenvalue weighted by molar-refractivity contribution is 5.79. The summed E-state index contributed by atoms with van der Waals surface area (Å²) >= 11 is 0. The average molecular weight is 303 g/mol. The molecular weight excluding hydrogens is 264 g/mol. The minimum Gasteiger partial charge on any atom is -0.383 e. The van der Waals surface area contributed by atoms with E-state index >= 15 is 0 Å². The van der Waals surface area contributed by atoms with Gasteiger partial charge >= 0.3 is 0 Å². The smallest absolute Gasteiger partial charge is 0.226 e. The summed E-state index contributed by atoms with van der Waals surface area (Å²) in [5.74, 6) is 0.526. The van der Waals surface area contributed by atoms with E-state index in [9.17, 15) is 4.79 Å². The number of carbonyl (C=O) groups is 1. The molecule has 1 atom stereocenters. The third kappa shape index (κ3) is 9.10. The van der Waals surface area contributed by atoms with E-state index in [0.717, 1.165) is 52.2 Å². The van der Waals surface area contributed by atoms with Gasteiger partial charge in [0.15, 0.2) is 0 Å². The standard InChI is InChI=1S/C13H26N2O2.2C2H6/c1-4-15(5-2)13(16)12-7-6-8-14(11-12)9-10-17-3;2*1-2/h12H,4-11H2,1-3H3;2*1-2H3. The Kier molecular flexibility index (Phi) is 17.0. The van der Waals surface area contributed by atoms with Gasteiger partial charge in [0.2, 0.25) is 5.91 Å². The molecule has 1 unspecified atom stereocenters. The molecule has 0 saturated carbocycles. The predicted molar refractivity (Wildman–Crippen MR) is 91.7 cm³/mol. The minimum atomic E-state index is 0.195. The van der Waals surface area contributed by atoms with Gasteiger partial charge < -0.3 is 14.5 Å². The van der Waals surface area contributed by atoms with Crippen LogP contribution in [0.2, 0.25) is 0 Å². The summed E-state index contributed by atoms with van der Waals surface area (Å²) in [4.78, 5) is 16.5. The zero-order valence-corrected chi connectivity index (χ0v) is 15.4. The lowest BCUT2D eigenvalue weighted by atomic mass is 9.96. The second-order valence-electron chi connectivity index (χ2n) is 4.64. The molecule has 0 bridgehead atoms. The Morgan fingerprint density at radius 1 is 1.19 bits per heavy atom. The third-order valence-corrected chi connectivity index (χ3v) is 3.54. The van der Waals surface area contributed by atoms with Crippen molar-refractivity contribution >= 4 is 5.91 Å². The summed E-state index contributed by atoms with van der Waals surface area (Å²) in [7, 11) is 1.72. The van der Waals surface area contributed by atoms with Crippen LogP contribution in [0.15, 0.2) is 0 Å². The van der Waals surface area contributed by atoms with Gasteiger partial charge in [0, 0.05) is 33.3 Å². The van der Waals surface area contributed by atoms with Gasteiger partial charge in [0.1, 0.15) is 0 Å². The molecule has 1 heterocycles. The van der Waals surface area contributed by atoms with Crippen LogP contribution < -0.4 is 0 Å². The summed E-state index contributed by atoms with van der Waals surface area (Å²) in [5.41, 5.74) is 0. The lowest BCUT2D eigenvalue weighted by Gasteiger charge is -2.34. The Labute approximate surface area is 132 Å². The normalized spacial score (nSPS) is 18.0. The number of likely N-dealkylation sites (tertiary alicyclic amines) is 1. The van der Waals surface area contributed by atoms with Gasteiger partial charge in [-0.15, -0.1) is 0 Å². The zero-order valence-electron chi connectivity index (χ0n) is 15.4. The lowest BCUT2D eigenvalue weighted by Crippen LogP contribution is -2.45. The van der Waals surface area contributed by atoms with Crippen LogP contribution in [0, 0.1) is 5.92 Å². The largest absolute Gasteiger partial charge is 0.383 e. The first-order valence-electron chi connectivity index (χ1n) is 8.73. The topological polar surface area (TPSA) is 32.8 Å². The lowest BCUT2D eigenvalue weighted by molar-refractivity contribution is -0.137. The van der Waals surface area contributed by atoms with Crippen molar-refractivity contribution in [2.75, 3.05) is 46.4 Å². The van der Waals surface area contributed by atoms with E-state index in [1.54, 1.807) is 7.11 Å². The molecule has 128 valence electrons. The molecule has 1 fully saturated rings. The Balaban J connectivity index is 0. The molecule has 0 aromatic heterocycles. The maximum atomic E-state index is 12.2. The van der Waals surface area contributed by atoms with Gasteiger partial charge in [-0.05, 0) is 33.2 Å². The quantitative estimate of drug-likeness (QED) is 0.755. The van der Waals surface area contributed by atoms with Crippen molar-refractivity contribution in [3.8, 4) is 0 Å². The summed E-state index contributed by atoms with van der Waals surface area (Å²) < 4.78 is 5.09. The fourth-order valence-corrected chi connectivity index (χ4v) is 2.47. The Morgan fingerprint density at radius 3 is 2.24 bits per heavy atom. The fraction of sp³-hybridized carbons (Fsp3) is 0.941. The Bertz CT molecular complexity index is 231. The molecule has 0 spiro atoms. The number of piperidine rings is 1. The molecule has 0 radical (unpaired) electrons. The van der Waals surface area contributed by atoms with Crippen LogP contribution >= 0.6 is 0 Å². The van der Waals surface area contributed by atoms with E-state index in [-0.39, 0.29) is 5.92 Å². The van der Waals surface area contributed by atoms with Crippen molar-refractivity contribution < 1.29 is 9.53 Å². The third-order valence-electron chi connectivity index (χ3n) is 3.54. The van der Waals surface area contributed by atoms with Gasteiger partial charge in [-0.3, -0.25) is 4.79 Å². The van der Waals surface area contributed by atoms with Gasteiger partial charge in [-0.1, -0.05) is 27.7 Å². The summed E-state index contributed by atoms with van der Waals surface area (Å²) in [6.07, 6.45) is 2.17. The Morgan fingerprint density at radius 2 is 1.76 bits per heavy atom. The van der Waals surface area contributed by atoms with Crippen LogP contribution in [-0.2, 0) is 9.53 Å². The number of hydrogen-bond donors (Lipinski definition) is 0. The van der Waals surface area contributed by atoms with E-state index in [1.807, 2.05) is 46.4 Å². The molecule has 0 N–H and O–H groups in total. The summed E-state index contributed by atoms with van der Waals surface area (Å²) in [6, 6.07) is 0. The van der Waals surface area contributed by atoms with Crippen LogP contribution in [0.25, 0.3) is 0 Å². The number of rotatable bonds is 6. The van der Waals surface area contributed by atoms with Crippen molar-refractivity contribution in [3.63, 3.8) is 0 Å². The van der Waals surface area contributed by atoms with Crippen LogP contribution in [0.5, 0.6) is 0 Å². The van der Waals surface area contributed by atoms with Gasteiger partial charge in [-0.25, -0.2) is 0 Å². The first-order valence-corrected chi connectivity index (χ1v) is 8.73. The molecule has 1 aliphatic heterocycles. The molecule has 4 heteroatoms. The second kappa shape index (κ2) is 15.8. The first-order chi connectivity index (χ1) is 10.2.